The first-order chi connectivity index (χ1) is 10.2. The van der Waals surface area contributed by atoms with Crippen molar-refractivity contribution in [3.63, 3.8) is 0 Å². The van der Waals surface area contributed by atoms with E-state index in [1.165, 1.54) is 0 Å². The molecule has 110 valence electrons. The number of carbonyl (C=O) groups is 1. The van der Waals surface area contributed by atoms with E-state index in [1.54, 1.807) is 6.92 Å². The molecule has 0 saturated heterocycles. The number of halogens is 1. The average Bonchev–Trinajstić information content (AvgIpc) is 2.50. The van der Waals surface area contributed by atoms with E-state index >= 15 is 0 Å². The fourth-order valence-electron chi connectivity index (χ4n) is 2.07. The Bertz CT molecular complexity index is 596. The predicted molar refractivity (Wildman–Crippen MR) is 83.6 cm³/mol. The van der Waals surface area contributed by atoms with Gasteiger partial charge < -0.3 is 9.47 Å². The Balaban J connectivity index is 2.28. The summed E-state index contributed by atoms with van der Waals surface area (Å²) in [5.74, 6) is 0.337. The van der Waals surface area contributed by atoms with Gasteiger partial charge in [-0.15, -0.1) is 0 Å². The van der Waals surface area contributed by atoms with Gasteiger partial charge in [0.25, 0.3) is 0 Å². The molecule has 0 heterocycles. The summed E-state index contributed by atoms with van der Waals surface area (Å²) in [6, 6.07) is 15.7. The van der Waals surface area contributed by atoms with Gasteiger partial charge >= 0.3 is 5.97 Å². The highest BCUT2D eigenvalue weighted by molar-refractivity contribution is 6.17. The van der Waals surface area contributed by atoms with Crippen LogP contribution in [0.1, 0.15) is 12.5 Å². The molecule has 0 atom stereocenters. The molecule has 0 aliphatic heterocycles. The molecular weight excluding hydrogens is 288 g/mol. The lowest BCUT2D eigenvalue weighted by Gasteiger charge is -2.11. The van der Waals surface area contributed by atoms with E-state index in [0.29, 0.717) is 12.4 Å². The maximum atomic E-state index is 11.6. The van der Waals surface area contributed by atoms with Gasteiger partial charge in [-0.2, -0.15) is 0 Å². The van der Waals surface area contributed by atoms with Gasteiger partial charge in [-0.05, 0) is 24.1 Å². The van der Waals surface area contributed by atoms with Crippen molar-refractivity contribution in [1.82, 2.24) is 0 Å². The van der Waals surface area contributed by atoms with Crippen LogP contribution < -0.4 is 4.74 Å². The highest BCUT2D eigenvalue weighted by Gasteiger charge is 2.11. The molecule has 0 bridgehead atoms. The van der Waals surface area contributed by atoms with Crippen molar-refractivity contribution >= 4 is 17.6 Å². The van der Waals surface area contributed by atoms with Gasteiger partial charge in [-0.1, -0.05) is 54.1 Å². The fraction of sp³-hybridized carbons (Fsp3) is 0.235. The Morgan fingerprint density at radius 2 is 1.86 bits per heavy atom. The smallest absolute Gasteiger partial charge is 0.310 e. The minimum absolute atomic E-state index is 0.0358. The van der Waals surface area contributed by atoms with Crippen LogP contribution in [0, 0.1) is 0 Å². The van der Waals surface area contributed by atoms with Gasteiger partial charge in [0.05, 0.1) is 13.0 Å². The first kappa shape index (κ1) is 15.4. The van der Waals surface area contributed by atoms with E-state index in [0.717, 1.165) is 16.7 Å². The second-order valence-electron chi connectivity index (χ2n) is 4.42. The van der Waals surface area contributed by atoms with Crippen molar-refractivity contribution in [2.24, 2.45) is 0 Å². The molecule has 21 heavy (non-hydrogen) atoms. The Labute approximate surface area is 129 Å². The summed E-state index contributed by atoms with van der Waals surface area (Å²) < 4.78 is 10.4. The van der Waals surface area contributed by atoms with Crippen molar-refractivity contribution in [3.8, 4) is 16.9 Å². The number of hydrogen-bond donors (Lipinski definition) is 0. The molecular formula is C17H17ClO3. The lowest BCUT2D eigenvalue weighted by atomic mass is 10.0. The third-order valence-corrected chi connectivity index (χ3v) is 3.13. The van der Waals surface area contributed by atoms with Gasteiger partial charge in [0.1, 0.15) is 5.75 Å². The third kappa shape index (κ3) is 4.23. The number of ether oxygens (including phenoxy) is 2. The number of esters is 1. The van der Waals surface area contributed by atoms with Crippen LogP contribution in [0.25, 0.3) is 11.1 Å². The second kappa shape index (κ2) is 7.70. The lowest BCUT2D eigenvalue weighted by Crippen LogP contribution is -2.09. The molecule has 0 unspecified atom stereocenters. The SMILES string of the molecule is CCOC(=O)Cc1ccc(-c2ccccc2)cc1OCCl. The van der Waals surface area contributed by atoms with E-state index in [9.17, 15) is 4.79 Å². The van der Waals surface area contributed by atoms with Gasteiger partial charge in [-0.3, -0.25) is 4.79 Å². The van der Waals surface area contributed by atoms with Crippen LogP contribution >= 0.6 is 11.6 Å². The van der Waals surface area contributed by atoms with Crippen LogP contribution in [-0.4, -0.2) is 18.6 Å². The maximum Gasteiger partial charge on any atom is 0.310 e. The molecule has 0 spiro atoms. The van der Waals surface area contributed by atoms with Crippen LogP contribution in [0.5, 0.6) is 5.75 Å². The van der Waals surface area contributed by atoms with Crippen LogP contribution in [-0.2, 0) is 16.0 Å². The van der Waals surface area contributed by atoms with Gasteiger partial charge in [0.15, 0.2) is 6.07 Å². The summed E-state index contributed by atoms with van der Waals surface area (Å²) in [6.45, 7) is 2.15. The minimum Gasteiger partial charge on any atom is -0.478 e. The Morgan fingerprint density at radius 3 is 2.52 bits per heavy atom. The number of benzene rings is 2. The van der Waals surface area contributed by atoms with Crippen molar-refractivity contribution in [3.05, 3.63) is 54.1 Å². The monoisotopic (exact) mass is 304 g/mol. The maximum absolute atomic E-state index is 11.6. The number of rotatable bonds is 6. The normalized spacial score (nSPS) is 10.2. The van der Waals surface area contributed by atoms with Gasteiger partial charge in [-0.25, -0.2) is 0 Å². The molecule has 0 aliphatic carbocycles. The summed E-state index contributed by atoms with van der Waals surface area (Å²) in [7, 11) is 0. The highest BCUT2D eigenvalue weighted by atomic mass is 35.5. The summed E-state index contributed by atoms with van der Waals surface area (Å²) in [4.78, 5) is 11.6. The number of carbonyl (C=O) groups excluding carboxylic acids is 1. The average molecular weight is 305 g/mol. The summed E-state index contributed by atoms with van der Waals surface area (Å²) in [6.07, 6.45) is 0.176. The summed E-state index contributed by atoms with van der Waals surface area (Å²) >= 11 is 5.67. The molecule has 0 saturated carbocycles. The molecule has 0 amide bonds. The topological polar surface area (TPSA) is 35.5 Å². The van der Waals surface area contributed by atoms with Crippen LogP contribution in [0.2, 0.25) is 0 Å². The lowest BCUT2D eigenvalue weighted by molar-refractivity contribution is -0.142. The van der Waals surface area contributed by atoms with Crippen molar-refractivity contribution in [2.45, 2.75) is 13.3 Å². The highest BCUT2D eigenvalue weighted by Crippen LogP contribution is 2.28. The molecule has 2 aromatic carbocycles. The van der Waals surface area contributed by atoms with Gasteiger partial charge in [0.2, 0.25) is 0 Å². The zero-order valence-electron chi connectivity index (χ0n) is 11.8. The molecule has 0 fully saturated rings. The molecule has 0 aromatic heterocycles. The third-order valence-electron chi connectivity index (χ3n) is 3.02. The quantitative estimate of drug-likeness (QED) is 0.597. The Morgan fingerprint density at radius 1 is 1.10 bits per heavy atom. The molecule has 3 nitrogen and oxygen atoms in total. The van der Waals surface area contributed by atoms with E-state index in [1.807, 2.05) is 48.5 Å². The molecule has 2 aromatic rings. The van der Waals surface area contributed by atoms with Crippen molar-refractivity contribution < 1.29 is 14.3 Å². The second-order valence-corrected chi connectivity index (χ2v) is 4.64. The van der Waals surface area contributed by atoms with Crippen LogP contribution in [0.4, 0.5) is 0 Å². The van der Waals surface area contributed by atoms with E-state index in [-0.39, 0.29) is 18.5 Å². The fourth-order valence-corrected chi connectivity index (χ4v) is 2.19. The molecule has 0 N–H and O–H groups in total. The van der Waals surface area contributed by atoms with Crippen molar-refractivity contribution in [1.29, 1.82) is 0 Å². The Kier molecular flexibility index (Phi) is 5.64. The number of alkyl halides is 1. The van der Waals surface area contributed by atoms with Gasteiger partial charge in [0, 0.05) is 5.56 Å². The first-order valence-corrected chi connectivity index (χ1v) is 7.30. The minimum atomic E-state index is -0.274. The summed E-state index contributed by atoms with van der Waals surface area (Å²) in [5.41, 5.74) is 2.87. The number of hydrogen-bond acceptors (Lipinski definition) is 3. The van der Waals surface area contributed by atoms with Crippen molar-refractivity contribution in [2.75, 3.05) is 12.7 Å². The molecule has 2 rings (SSSR count). The van der Waals surface area contributed by atoms with Crippen LogP contribution in [0.15, 0.2) is 48.5 Å². The van der Waals surface area contributed by atoms with E-state index in [2.05, 4.69) is 0 Å². The predicted octanol–water partition coefficient (Wildman–Crippen LogP) is 4.03. The molecule has 0 radical (unpaired) electrons. The zero-order chi connectivity index (χ0) is 15.1. The largest absolute Gasteiger partial charge is 0.478 e. The van der Waals surface area contributed by atoms with E-state index < -0.39 is 0 Å². The zero-order valence-corrected chi connectivity index (χ0v) is 12.6. The molecule has 0 aliphatic rings. The standard InChI is InChI=1S/C17H17ClO3/c1-2-20-17(19)11-15-9-8-14(10-16(15)21-12-18)13-6-4-3-5-7-13/h3-10H,2,11-12H2,1H3. The van der Waals surface area contributed by atoms with Crippen LogP contribution in [0.3, 0.4) is 0 Å². The first-order valence-electron chi connectivity index (χ1n) is 6.77. The molecule has 4 heteroatoms. The summed E-state index contributed by atoms with van der Waals surface area (Å²) in [5, 5.41) is 0. The Hall–Kier alpha value is -2.00. The van der Waals surface area contributed by atoms with E-state index in [4.69, 9.17) is 21.1 Å².